The minimum absolute atomic E-state index is 0.00325. The van der Waals surface area contributed by atoms with Gasteiger partial charge in [0.1, 0.15) is 23.6 Å². The van der Waals surface area contributed by atoms with Gasteiger partial charge in [-0.3, -0.25) is 9.78 Å². The normalized spacial score (nSPS) is 12.3. The van der Waals surface area contributed by atoms with Crippen molar-refractivity contribution in [2.45, 2.75) is 79.1 Å². The molecule has 1 amide bonds. The summed E-state index contributed by atoms with van der Waals surface area (Å²) in [6, 6.07) is 13.8. The summed E-state index contributed by atoms with van der Waals surface area (Å²) in [5.74, 6) is 1.03. The molecule has 0 aliphatic carbocycles. The third-order valence-corrected chi connectivity index (χ3v) is 7.18. The number of nitrogens with zero attached hydrogens (tertiary/aromatic N) is 1. The van der Waals surface area contributed by atoms with Crippen molar-refractivity contribution in [3.63, 3.8) is 0 Å². The molecule has 1 heterocycles. The van der Waals surface area contributed by atoms with Crippen LogP contribution in [0.15, 0.2) is 83.6 Å². The molecule has 3 N–H and O–H groups in total. The second-order valence-corrected chi connectivity index (χ2v) is 10.9. The fourth-order valence-electron chi connectivity index (χ4n) is 4.70. The Morgan fingerprint density at radius 2 is 1.71 bits per heavy atom. The number of phenols is 1. The Kier molecular flexibility index (Phi) is 14.8. The largest absolute Gasteiger partial charge is 0.505 e. The van der Waals surface area contributed by atoms with Gasteiger partial charge in [-0.05, 0) is 102 Å². The lowest BCUT2D eigenvalue weighted by molar-refractivity contribution is -0.106. The number of rotatable bonds is 13. The molecule has 0 spiro atoms. The van der Waals surface area contributed by atoms with Crippen molar-refractivity contribution in [1.29, 1.82) is 0 Å². The molecule has 3 rings (SSSR count). The standard InChI is InChI=1S/C34H42ClNO2.CH3NO/c1-6-11-29(31-23-32(35)30-18-10-20-36-33(30)34(31)37)27-16-9-17-28(22-27)38-21-19-26(5)15-8-14-25(4)13-7-12-24(2)3;2-1-3/h9-10,12,14,16-20,22-23,29,37H,6-8,11,13,15,21H2,1-5H3;1H,(H2,2,3)/b25-14+,26-19+;. The number of phenolic OH excluding ortho intramolecular Hbond substituents is 1. The van der Waals surface area contributed by atoms with Gasteiger partial charge in [0.2, 0.25) is 6.41 Å². The van der Waals surface area contributed by atoms with Gasteiger partial charge in [-0.1, -0.05) is 65.9 Å². The highest BCUT2D eigenvalue weighted by molar-refractivity contribution is 6.35. The zero-order valence-electron chi connectivity index (χ0n) is 25.1. The zero-order chi connectivity index (χ0) is 30.2. The molecule has 0 saturated carbocycles. The first-order valence-electron chi connectivity index (χ1n) is 14.3. The van der Waals surface area contributed by atoms with Crippen molar-refractivity contribution in [2.24, 2.45) is 5.73 Å². The molecule has 3 aromatic rings. The number of pyridine rings is 1. The van der Waals surface area contributed by atoms with Crippen LogP contribution >= 0.6 is 11.6 Å². The summed E-state index contributed by atoms with van der Waals surface area (Å²) >= 11 is 6.59. The van der Waals surface area contributed by atoms with Gasteiger partial charge in [-0.15, -0.1) is 0 Å². The Balaban J connectivity index is 0.00000187. The molecule has 2 aromatic carbocycles. The molecular weight excluding hydrogens is 532 g/mol. The number of benzene rings is 2. The van der Waals surface area contributed by atoms with Crippen molar-refractivity contribution in [3.05, 3.63) is 99.8 Å². The maximum Gasteiger partial charge on any atom is 0.204 e. The molecule has 0 saturated heterocycles. The van der Waals surface area contributed by atoms with Crippen LogP contribution < -0.4 is 10.5 Å². The number of nitrogens with two attached hydrogens (primary N) is 1. The first-order chi connectivity index (χ1) is 19.7. The van der Waals surface area contributed by atoms with Crippen LogP contribution in [-0.4, -0.2) is 23.1 Å². The van der Waals surface area contributed by atoms with Crippen LogP contribution in [0.5, 0.6) is 11.5 Å². The summed E-state index contributed by atoms with van der Waals surface area (Å²) < 4.78 is 6.11. The van der Waals surface area contributed by atoms with Gasteiger partial charge in [-0.2, -0.15) is 0 Å². The van der Waals surface area contributed by atoms with E-state index in [4.69, 9.17) is 21.1 Å². The number of aromatic nitrogens is 1. The Hall–Kier alpha value is -3.57. The summed E-state index contributed by atoms with van der Waals surface area (Å²) in [4.78, 5) is 13.0. The Bertz CT molecular complexity index is 1360. The number of carbonyl (C=O) groups excluding carboxylic acids is 1. The van der Waals surface area contributed by atoms with Crippen LogP contribution in [0, 0.1) is 0 Å². The van der Waals surface area contributed by atoms with Crippen molar-refractivity contribution >= 4 is 28.9 Å². The van der Waals surface area contributed by atoms with Gasteiger partial charge in [0, 0.05) is 23.1 Å². The van der Waals surface area contributed by atoms with Crippen LogP contribution in [0.1, 0.15) is 90.2 Å². The molecule has 0 radical (unpaired) electrons. The second kappa shape index (κ2) is 18.0. The molecule has 5 nitrogen and oxygen atoms in total. The van der Waals surface area contributed by atoms with E-state index in [-0.39, 0.29) is 18.1 Å². The number of hydrogen-bond donors (Lipinski definition) is 2. The van der Waals surface area contributed by atoms with Crippen LogP contribution in [0.25, 0.3) is 10.9 Å². The predicted octanol–water partition coefficient (Wildman–Crippen LogP) is 9.43. The lowest BCUT2D eigenvalue weighted by atomic mass is 9.86. The third kappa shape index (κ3) is 11.1. The highest BCUT2D eigenvalue weighted by Crippen LogP contribution is 2.41. The number of amides is 1. The number of ether oxygens (including phenoxy) is 1. The Morgan fingerprint density at radius 1 is 1.02 bits per heavy atom. The zero-order valence-corrected chi connectivity index (χ0v) is 25.9. The fraction of sp³-hybridized carbons (Fsp3) is 0.371. The number of aromatic hydroxyl groups is 1. The van der Waals surface area contributed by atoms with E-state index in [0.717, 1.165) is 60.8 Å². The number of carbonyl (C=O) groups is 1. The van der Waals surface area contributed by atoms with Crippen molar-refractivity contribution < 1.29 is 14.6 Å². The summed E-state index contributed by atoms with van der Waals surface area (Å²) in [7, 11) is 0. The molecule has 1 atom stereocenters. The van der Waals surface area contributed by atoms with Gasteiger partial charge in [0.05, 0.1) is 5.02 Å². The van der Waals surface area contributed by atoms with Crippen LogP contribution in [0.4, 0.5) is 0 Å². The summed E-state index contributed by atoms with van der Waals surface area (Å²) in [6.45, 7) is 11.4. The molecule has 0 bridgehead atoms. The van der Waals surface area contributed by atoms with E-state index in [0.29, 0.717) is 17.1 Å². The maximum atomic E-state index is 11.1. The first-order valence-corrected chi connectivity index (χ1v) is 14.7. The molecule has 220 valence electrons. The smallest absolute Gasteiger partial charge is 0.204 e. The topological polar surface area (TPSA) is 85.4 Å². The van der Waals surface area contributed by atoms with Crippen LogP contribution in [0.2, 0.25) is 5.02 Å². The van der Waals surface area contributed by atoms with Crippen LogP contribution in [0.3, 0.4) is 0 Å². The average molecular weight is 577 g/mol. The molecule has 1 aromatic heterocycles. The molecular formula is C35H45ClN2O3. The van der Waals surface area contributed by atoms with E-state index in [2.05, 4.69) is 75.7 Å². The first kappa shape index (κ1) is 33.6. The van der Waals surface area contributed by atoms with E-state index in [9.17, 15) is 5.11 Å². The van der Waals surface area contributed by atoms with Crippen LogP contribution in [-0.2, 0) is 4.79 Å². The Morgan fingerprint density at radius 3 is 2.39 bits per heavy atom. The maximum absolute atomic E-state index is 11.1. The van der Waals surface area contributed by atoms with E-state index < -0.39 is 0 Å². The monoisotopic (exact) mass is 576 g/mol. The van der Waals surface area contributed by atoms with E-state index in [1.54, 1.807) is 6.20 Å². The average Bonchev–Trinajstić information content (AvgIpc) is 2.94. The quantitative estimate of drug-likeness (QED) is 0.157. The summed E-state index contributed by atoms with van der Waals surface area (Å²) in [5.41, 5.74) is 10.8. The highest BCUT2D eigenvalue weighted by Gasteiger charge is 2.21. The lowest BCUT2D eigenvalue weighted by Crippen LogP contribution is -2.03. The van der Waals surface area contributed by atoms with E-state index in [1.165, 1.54) is 16.7 Å². The molecule has 0 aliphatic rings. The number of halogens is 1. The lowest BCUT2D eigenvalue weighted by Gasteiger charge is -2.20. The van der Waals surface area contributed by atoms with Gasteiger partial charge in [-0.25, -0.2) is 0 Å². The Labute approximate surface area is 250 Å². The number of hydrogen-bond acceptors (Lipinski definition) is 4. The molecule has 1 unspecified atom stereocenters. The SMILES string of the molecule is CCCC(c1cccc(OC/C=C(\C)CC/C=C(\C)CCC=C(C)C)c1)c1cc(Cl)c2cccnc2c1O.NC=O. The second-order valence-electron chi connectivity index (χ2n) is 10.5. The summed E-state index contributed by atoms with van der Waals surface area (Å²) in [5, 5.41) is 12.5. The highest BCUT2D eigenvalue weighted by atomic mass is 35.5. The number of primary amides is 1. The molecule has 6 heteroatoms. The predicted molar refractivity (Wildman–Crippen MR) is 173 cm³/mol. The minimum Gasteiger partial charge on any atom is -0.505 e. The number of allylic oxidation sites excluding steroid dienone is 5. The molecule has 41 heavy (non-hydrogen) atoms. The molecule has 0 aliphatic heterocycles. The van der Waals surface area contributed by atoms with E-state index in [1.807, 2.05) is 30.3 Å². The van der Waals surface area contributed by atoms with E-state index >= 15 is 0 Å². The van der Waals surface area contributed by atoms with Gasteiger partial charge in [0.15, 0.2) is 0 Å². The number of fused-ring (bicyclic) bond motifs is 1. The van der Waals surface area contributed by atoms with Gasteiger partial charge >= 0.3 is 0 Å². The van der Waals surface area contributed by atoms with Crippen molar-refractivity contribution in [1.82, 2.24) is 4.98 Å². The van der Waals surface area contributed by atoms with Gasteiger partial charge < -0.3 is 15.6 Å². The third-order valence-electron chi connectivity index (χ3n) is 6.86. The van der Waals surface area contributed by atoms with Crippen molar-refractivity contribution in [2.75, 3.05) is 6.61 Å². The van der Waals surface area contributed by atoms with Crippen molar-refractivity contribution in [3.8, 4) is 11.5 Å². The fourth-order valence-corrected chi connectivity index (χ4v) is 4.97. The van der Waals surface area contributed by atoms with Gasteiger partial charge in [0.25, 0.3) is 0 Å². The minimum atomic E-state index is -0.00325. The molecule has 0 fully saturated rings. The summed E-state index contributed by atoms with van der Waals surface area (Å²) in [6.07, 6.45) is 15.0.